The molecule has 0 saturated heterocycles. The van der Waals surface area contributed by atoms with Gasteiger partial charge >= 0.3 is 7.12 Å². The fraction of sp³-hybridized carbons (Fsp3) is 0. The first kappa shape index (κ1) is 9.63. The van der Waals surface area contributed by atoms with Gasteiger partial charge in [0.2, 0.25) is 0 Å². The maximum absolute atomic E-state index is 10.5. The predicted molar refractivity (Wildman–Crippen MR) is 47.0 cm³/mol. The highest BCUT2D eigenvalue weighted by molar-refractivity contribution is 6.60. The van der Waals surface area contributed by atoms with E-state index in [-0.39, 0.29) is 16.6 Å². The molecule has 0 amide bonds. The SMILES string of the molecule is O=Cc1cccc(B(O)O)c1C=O. The minimum atomic E-state index is -1.74. The predicted octanol–water partition coefficient (Wildman–Crippen LogP) is -1.01. The Morgan fingerprint density at radius 2 is 1.85 bits per heavy atom. The Bertz CT molecular complexity index is 335. The quantitative estimate of drug-likeness (QED) is 0.459. The Balaban J connectivity index is 3.35. The molecular formula is C8H7BO4. The Labute approximate surface area is 75.0 Å². The van der Waals surface area contributed by atoms with Crippen LogP contribution in [0.1, 0.15) is 20.7 Å². The second-order valence-corrected chi connectivity index (χ2v) is 2.46. The van der Waals surface area contributed by atoms with Crippen LogP contribution in [0.2, 0.25) is 0 Å². The molecule has 0 heterocycles. The molecule has 5 heteroatoms. The van der Waals surface area contributed by atoms with Gasteiger partial charge in [-0.05, 0) is 5.46 Å². The summed E-state index contributed by atoms with van der Waals surface area (Å²) in [6, 6.07) is 4.29. The van der Waals surface area contributed by atoms with E-state index in [0.29, 0.717) is 12.6 Å². The molecule has 0 fully saturated rings. The van der Waals surface area contributed by atoms with Gasteiger partial charge in [0, 0.05) is 11.1 Å². The first-order valence-electron chi connectivity index (χ1n) is 3.60. The minimum Gasteiger partial charge on any atom is -0.423 e. The molecule has 0 spiro atoms. The third-order valence-electron chi connectivity index (χ3n) is 1.70. The second-order valence-electron chi connectivity index (χ2n) is 2.46. The highest BCUT2D eigenvalue weighted by Crippen LogP contribution is 2.01. The summed E-state index contributed by atoms with van der Waals surface area (Å²) >= 11 is 0. The number of hydrogen-bond acceptors (Lipinski definition) is 4. The summed E-state index contributed by atoms with van der Waals surface area (Å²) in [5, 5.41) is 17.7. The van der Waals surface area contributed by atoms with Crippen LogP contribution in [0.4, 0.5) is 0 Å². The summed E-state index contributed by atoms with van der Waals surface area (Å²) in [6.45, 7) is 0. The van der Waals surface area contributed by atoms with Crippen LogP contribution in [0.25, 0.3) is 0 Å². The van der Waals surface area contributed by atoms with Crippen molar-refractivity contribution in [2.45, 2.75) is 0 Å². The monoisotopic (exact) mass is 178 g/mol. The van der Waals surface area contributed by atoms with Crippen molar-refractivity contribution in [3.8, 4) is 0 Å². The van der Waals surface area contributed by atoms with Gasteiger partial charge in [-0.15, -0.1) is 0 Å². The Morgan fingerprint density at radius 3 is 2.31 bits per heavy atom. The maximum Gasteiger partial charge on any atom is 0.489 e. The first-order chi connectivity index (χ1) is 6.20. The molecule has 0 saturated carbocycles. The molecule has 0 radical (unpaired) electrons. The van der Waals surface area contributed by atoms with Crippen LogP contribution in [0, 0.1) is 0 Å². The Hall–Kier alpha value is -1.46. The van der Waals surface area contributed by atoms with Crippen molar-refractivity contribution in [1.82, 2.24) is 0 Å². The minimum absolute atomic E-state index is 0.0208. The average Bonchev–Trinajstić information content (AvgIpc) is 2.16. The largest absolute Gasteiger partial charge is 0.489 e. The summed E-state index contributed by atoms with van der Waals surface area (Å²) in [5.74, 6) is 0. The smallest absolute Gasteiger partial charge is 0.423 e. The third kappa shape index (κ3) is 1.82. The zero-order chi connectivity index (χ0) is 9.84. The molecule has 66 valence electrons. The number of rotatable bonds is 3. The molecule has 2 N–H and O–H groups in total. The lowest BCUT2D eigenvalue weighted by molar-refractivity contribution is 0.109. The summed E-state index contributed by atoms with van der Waals surface area (Å²) in [4.78, 5) is 21.0. The molecular weight excluding hydrogens is 171 g/mol. The summed E-state index contributed by atoms with van der Waals surface area (Å²) in [6.07, 6.45) is 0.925. The number of carbonyl (C=O) groups excluding carboxylic acids is 2. The molecule has 0 bridgehead atoms. The normalized spacial score (nSPS) is 9.38. The van der Waals surface area contributed by atoms with E-state index in [9.17, 15) is 9.59 Å². The molecule has 1 aromatic carbocycles. The zero-order valence-electron chi connectivity index (χ0n) is 6.68. The van der Waals surface area contributed by atoms with Gasteiger partial charge in [0.05, 0.1) is 0 Å². The van der Waals surface area contributed by atoms with Crippen LogP contribution in [-0.2, 0) is 0 Å². The molecule has 0 aliphatic carbocycles. The van der Waals surface area contributed by atoms with Crippen LogP contribution in [0.3, 0.4) is 0 Å². The van der Waals surface area contributed by atoms with Crippen LogP contribution in [0.15, 0.2) is 18.2 Å². The van der Waals surface area contributed by atoms with Crippen LogP contribution in [0.5, 0.6) is 0 Å². The zero-order valence-corrected chi connectivity index (χ0v) is 6.68. The lowest BCUT2D eigenvalue weighted by Gasteiger charge is -2.04. The fourth-order valence-electron chi connectivity index (χ4n) is 1.07. The van der Waals surface area contributed by atoms with Gasteiger partial charge in [-0.2, -0.15) is 0 Å². The topological polar surface area (TPSA) is 74.6 Å². The van der Waals surface area contributed by atoms with E-state index in [1.165, 1.54) is 18.2 Å². The van der Waals surface area contributed by atoms with Gasteiger partial charge < -0.3 is 10.0 Å². The van der Waals surface area contributed by atoms with Gasteiger partial charge in [-0.25, -0.2) is 0 Å². The van der Waals surface area contributed by atoms with E-state index >= 15 is 0 Å². The molecule has 0 aliphatic heterocycles. The lowest BCUT2D eigenvalue weighted by Crippen LogP contribution is -2.33. The fourth-order valence-corrected chi connectivity index (χ4v) is 1.07. The van der Waals surface area contributed by atoms with Crippen LogP contribution < -0.4 is 5.46 Å². The number of carbonyl (C=O) groups is 2. The Morgan fingerprint density at radius 1 is 1.15 bits per heavy atom. The molecule has 1 aromatic rings. The van der Waals surface area contributed by atoms with Crippen molar-refractivity contribution in [3.63, 3.8) is 0 Å². The highest BCUT2D eigenvalue weighted by atomic mass is 16.4. The van der Waals surface area contributed by atoms with Crippen molar-refractivity contribution < 1.29 is 19.6 Å². The Kier molecular flexibility index (Phi) is 2.95. The maximum atomic E-state index is 10.5. The standard InChI is InChI=1S/C8H7BO4/c10-4-6-2-1-3-8(9(12)13)7(6)5-11/h1-5,12-13H. The third-order valence-corrected chi connectivity index (χ3v) is 1.70. The number of hydrogen-bond donors (Lipinski definition) is 2. The molecule has 0 unspecified atom stereocenters. The summed E-state index contributed by atoms with van der Waals surface area (Å²) in [5.41, 5.74) is 0.215. The van der Waals surface area contributed by atoms with Crippen molar-refractivity contribution in [2.24, 2.45) is 0 Å². The van der Waals surface area contributed by atoms with Crippen molar-refractivity contribution in [3.05, 3.63) is 29.3 Å². The van der Waals surface area contributed by atoms with Gasteiger partial charge in [-0.3, -0.25) is 9.59 Å². The molecule has 4 nitrogen and oxygen atoms in total. The van der Waals surface area contributed by atoms with Gasteiger partial charge in [0.15, 0.2) is 6.29 Å². The van der Waals surface area contributed by atoms with E-state index in [1.807, 2.05) is 0 Å². The number of aldehydes is 2. The van der Waals surface area contributed by atoms with Crippen LogP contribution >= 0.6 is 0 Å². The van der Waals surface area contributed by atoms with Crippen molar-refractivity contribution in [2.75, 3.05) is 0 Å². The van der Waals surface area contributed by atoms with Crippen LogP contribution in [-0.4, -0.2) is 29.7 Å². The molecule has 13 heavy (non-hydrogen) atoms. The van der Waals surface area contributed by atoms with Gasteiger partial charge in [0.25, 0.3) is 0 Å². The summed E-state index contributed by atoms with van der Waals surface area (Å²) in [7, 11) is -1.74. The number of benzene rings is 1. The second kappa shape index (κ2) is 3.98. The highest BCUT2D eigenvalue weighted by Gasteiger charge is 2.17. The summed E-state index contributed by atoms with van der Waals surface area (Å²) < 4.78 is 0. The van der Waals surface area contributed by atoms with E-state index < -0.39 is 7.12 Å². The molecule has 1 rings (SSSR count). The van der Waals surface area contributed by atoms with Gasteiger partial charge in [0.1, 0.15) is 6.29 Å². The first-order valence-corrected chi connectivity index (χ1v) is 3.60. The average molecular weight is 178 g/mol. The van der Waals surface area contributed by atoms with Crippen molar-refractivity contribution in [1.29, 1.82) is 0 Å². The van der Waals surface area contributed by atoms with E-state index in [2.05, 4.69) is 0 Å². The van der Waals surface area contributed by atoms with E-state index in [0.717, 1.165) is 0 Å². The van der Waals surface area contributed by atoms with E-state index in [4.69, 9.17) is 10.0 Å². The molecule has 0 atom stereocenters. The van der Waals surface area contributed by atoms with E-state index in [1.54, 1.807) is 0 Å². The lowest BCUT2D eigenvalue weighted by atomic mass is 9.76. The van der Waals surface area contributed by atoms with Crippen molar-refractivity contribution >= 4 is 25.2 Å². The molecule has 0 aliphatic rings. The molecule has 0 aromatic heterocycles. The van der Waals surface area contributed by atoms with Gasteiger partial charge in [-0.1, -0.05) is 18.2 Å².